The lowest BCUT2D eigenvalue weighted by Crippen LogP contribution is -2.49. The lowest BCUT2D eigenvalue weighted by Gasteiger charge is -2.33. The summed E-state index contributed by atoms with van der Waals surface area (Å²) >= 11 is 0. The van der Waals surface area contributed by atoms with Crippen LogP contribution in [0.25, 0.3) is 0 Å². The molecule has 2 atom stereocenters. The van der Waals surface area contributed by atoms with Crippen LogP contribution in [0, 0.1) is 0 Å². The number of piperidine rings is 2. The maximum absolute atomic E-state index is 12.7. The summed E-state index contributed by atoms with van der Waals surface area (Å²) in [6.45, 7) is 5.54. The molecule has 0 spiro atoms. The fourth-order valence-electron chi connectivity index (χ4n) is 4.19. The molecule has 142 valence electrons. The number of likely N-dealkylation sites (N-methyl/N-ethyl adjacent to an activating group) is 1. The summed E-state index contributed by atoms with van der Waals surface area (Å²) in [6, 6.07) is 8.13. The predicted molar refractivity (Wildman–Crippen MR) is 103 cm³/mol. The SMILES string of the molecule is CCC(=O)N1CCC[C@@H](NC(=O)c2cccc(C3CCCN(C)C3)c2)C1. The second-order valence-electron chi connectivity index (χ2n) is 7.73. The van der Waals surface area contributed by atoms with Crippen LogP contribution in [0.3, 0.4) is 0 Å². The first kappa shape index (κ1) is 18.9. The van der Waals surface area contributed by atoms with E-state index in [4.69, 9.17) is 0 Å². The lowest BCUT2D eigenvalue weighted by molar-refractivity contribution is -0.132. The molecule has 5 nitrogen and oxygen atoms in total. The predicted octanol–water partition coefficient (Wildman–Crippen LogP) is 2.63. The van der Waals surface area contributed by atoms with Gasteiger partial charge in [-0.1, -0.05) is 19.1 Å². The Balaban J connectivity index is 1.63. The van der Waals surface area contributed by atoms with Crippen LogP contribution in [0.15, 0.2) is 24.3 Å². The third kappa shape index (κ3) is 4.64. The molecule has 2 saturated heterocycles. The minimum absolute atomic E-state index is 0.0215. The van der Waals surface area contributed by atoms with E-state index >= 15 is 0 Å². The summed E-state index contributed by atoms with van der Waals surface area (Å²) in [5.74, 6) is 0.660. The van der Waals surface area contributed by atoms with Crippen LogP contribution >= 0.6 is 0 Å². The maximum atomic E-state index is 12.7. The molecule has 0 saturated carbocycles. The molecular weight excluding hydrogens is 326 g/mol. The third-order valence-electron chi connectivity index (χ3n) is 5.66. The smallest absolute Gasteiger partial charge is 0.251 e. The van der Waals surface area contributed by atoms with Crippen LogP contribution in [0.5, 0.6) is 0 Å². The molecule has 5 heteroatoms. The Kier molecular flexibility index (Phi) is 6.30. The zero-order chi connectivity index (χ0) is 18.5. The molecule has 26 heavy (non-hydrogen) atoms. The number of hydrogen-bond acceptors (Lipinski definition) is 3. The minimum Gasteiger partial charge on any atom is -0.348 e. The summed E-state index contributed by atoms with van der Waals surface area (Å²) < 4.78 is 0. The fourth-order valence-corrected chi connectivity index (χ4v) is 4.19. The number of carbonyl (C=O) groups is 2. The topological polar surface area (TPSA) is 52.7 Å². The lowest BCUT2D eigenvalue weighted by atomic mass is 9.90. The molecule has 0 radical (unpaired) electrons. The van der Waals surface area contributed by atoms with Crippen molar-refractivity contribution >= 4 is 11.8 Å². The molecule has 2 fully saturated rings. The van der Waals surface area contributed by atoms with Crippen molar-refractivity contribution in [3.8, 4) is 0 Å². The molecular formula is C21H31N3O2. The van der Waals surface area contributed by atoms with Crippen LogP contribution < -0.4 is 5.32 Å². The second kappa shape index (κ2) is 8.67. The van der Waals surface area contributed by atoms with Crippen molar-refractivity contribution in [1.82, 2.24) is 15.1 Å². The molecule has 1 N–H and O–H groups in total. The number of likely N-dealkylation sites (tertiary alicyclic amines) is 2. The van der Waals surface area contributed by atoms with Gasteiger partial charge in [-0.3, -0.25) is 9.59 Å². The summed E-state index contributed by atoms with van der Waals surface area (Å²) in [5.41, 5.74) is 1.99. The molecule has 0 bridgehead atoms. The quantitative estimate of drug-likeness (QED) is 0.901. The van der Waals surface area contributed by atoms with Gasteiger partial charge in [0.1, 0.15) is 0 Å². The highest BCUT2D eigenvalue weighted by molar-refractivity contribution is 5.94. The van der Waals surface area contributed by atoms with Crippen molar-refractivity contribution in [2.24, 2.45) is 0 Å². The van der Waals surface area contributed by atoms with E-state index in [0.29, 0.717) is 18.9 Å². The van der Waals surface area contributed by atoms with Crippen molar-refractivity contribution in [1.29, 1.82) is 0 Å². The normalized spacial score (nSPS) is 24.3. The van der Waals surface area contributed by atoms with Gasteiger partial charge in [-0.25, -0.2) is 0 Å². The standard InChI is InChI=1S/C21H31N3O2/c1-3-20(25)24-12-6-10-19(15-24)22-21(26)17-8-4-7-16(13-17)18-9-5-11-23(2)14-18/h4,7-8,13,18-19H,3,5-6,9-12,14-15H2,1-2H3,(H,22,26)/t18?,19-/m1/s1. The number of nitrogens with one attached hydrogen (secondary N) is 1. The van der Waals surface area contributed by atoms with Gasteiger partial charge in [-0.15, -0.1) is 0 Å². The van der Waals surface area contributed by atoms with E-state index in [0.717, 1.165) is 38.0 Å². The van der Waals surface area contributed by atoms with E-state index in [1.165, 1.54) is 18.4 Å². The van der Waals surface area contributed by atoms with Gasteiger partial charge in [0, 0.05) is 37.7 Å². The molecule has 1 unspecified atom stereocenters. The molecule has 2 aliphatic heterocycles. The van der Waals surface area contributed by atoms with E-state index in [-0.39, 0.29) is 17.9 Å². The van der Waals surface area contributed by atoms with Gasteiger partial charge in [-0.05, 0) is 62.9 Å². The Morgan fingerprint density at radius 3 is 2.73 bits per heavy atom. The first-order chi connectivity index (χ1) is 12.6. The molecule has 0 aliphatic carbocycles. The van der Waals surface area contributed by atoms with Crippen LogP contribution in [0.2, 0.25) is 0 Å². The van der Waals surface area contributed by atoms with Gasteiger partial charge in [-0.2, -0.15) is 0 Å². The molecule has 1 aromatic carbocycles. The molecule has 0 aromatic heterocycles. The zero-order valence-corrected chi connectivity index (χ0v) is 16.0. The number of nitrogens with zero attached hydrogens (tertiary/aromatic N) is 2. The van der Waals surface area contributed by atoms with Crippen LogP contribution in [-0.2, 0) is 4.79 Å². The van der Waals surface area contributed by atoms with Crippen LogP contribution in [-0.4, -0.2) is 60.9 Å². The number of amides is 2. The molecule has 2 aliphatic rings. The van der Waals surface area contributed by atoms with Gasteiger partial charge in [0.25, 0.3) is 5.91 Å². The Morgan fingerprint density at radius 1 is 1.15 bits per heavy atom. The van der Waals surface area contributed by atoms with E-state index in [1.54, 1.807) is 0 Å². The van der Waals surface area contributed by atoms with Gasteiger partial charge in [0.05, 0.1) is 0 Å². The Hall–Kier alpha value is -1.88. The molecule has 1 aromatic rings. The van der Waals surface area contributed by atoms with Crippen molar-refractivity contribution in [2.45, 2.75) is 51.0 Å². The van der Waals surface area contributed by atoms with Gasteiger partial charge in [0.2, 0.25) is 5.91 Å². The van der Waals surface area contributed by atoms with Crippen molar-refractivity contribution in [3.05, 3.63) is 35.4 Å². The highest BCUT2D eigenvalue weighted by atomic mass is 16.2. The summed E-state index contributed by atoms with van der Waals surface area (Å²) in [7, 11) is 2.16. The molecule has 2 heterocycles. The number of hydrogen-bond donors (Lipinski definition) is 1. The highest BCUT2D eigenvalue weighted by Gasteiger charge is 2.25. The maximum Gasteiger partial charge on any atom is 0.251 e. The van der Waals surface area contributed by atoms with E-state index in [2.05, 4.69) is 29.4 Å². The Morgan fingerprint density at radius 2 is 1.96 bits per heavy atom. The largest absolute Gasteiger partial charge is 0.348 e. The van der Waals surface area contributed by atoms with E-state index < -0.39 is 0 Å². The van der Waals surface area contributed by atoms with Crippen molar-refractivity contribution in [3.63, 3.8) is 0 Å². The van der Waals surface area contributed by atoms with Crippen molar-refractivity contribution in [2.75, 3.05) is 33.2 Å². The van der Waals surface area contributed by atoms with Crippen LogP contribution in [0.4, 0.5) is 0 Å². The summed E-state index contributed by atoms with van der Waals surface area (Å²) in [5, 5.41) is 3.14. The van der Waals surface area contributed by atoms with Crippen LogP contribution in [0.1, 0.15) is 60.9 Å². The Labute approximate surface area is 156 Å². The first-order valence-corrected chi connectivity index (χ1v) is 9.94. The third-order valence-corrected chi connectivity index (χ3v) is 5.66. The van der Waals surface area contributed by atoms with E-state index in [9.17, 15) is 9.59 Å². The number of carbonyl (C=O) groups excluding carboxylic acids is 2. The average Bonchev–Trinajstić information content (AvgIpc) is 2.67. The zero-order valence-electron chi connectivity index (χ0n) is 16.0. The first-order valence-electron chi connectivity index (χ1n) is 9.94. The average molecular weight is 357 g/mol. The second-order valence-corrected chi connectivity index (χ2v) is 7.73. The van der Waals surface area contributed by atoms with Crippen molar-refractivity contribution < 1.29 is 9.59 Å². The molecule has 3 rings (SSSR count). The summed E-state index contributed by atoms with van der Waals surface area (Å²) in [6.07, 6.45) is 4.81. The number of rotatable bonds is 4. The van der Waals surface area contributed by atoms with Gasteiger partial charge in [0.15, 0.2) is 0 Å². The highest BCUT2D eigenvalue weighted by Crippen LogP contribution is 2.26. The number of benzene rings is 1. The minimum atomic E-state index is -0.0215. The van der Waals surface area contributed by atoms with Gasteiger partial charge < -0.3 is 15.1 Å². The summed E-state index contributed by atoms with van der Waals surface area (Å²) in [4.78, 5) is 28.9. The monoisotopic (exact) mass is 357 g/mol. The fraction of sp³-hybridized carbons (Fsp3) is 0.619. The van der Waals surface area contributed by atoms with E-state index in [1.807, 2.05) is 24.0 Å². The Bertz CT molecular complexity index is 646. The van der Waals surface area contributed by atoms with Gasteiger partial charge >= 0.3 is 0 Å². The molecule has 2 amide bonds.